The number of hydrogen-bond acceptors (Lipinski definition) is 13. The van der Waals surface area contributed by atoms with Crippen LogP contribution in [0.1, 0.15) is 126 Å². The van der Waals surface area contributed by atoms with E-state index in [1.54, 1.807) is 41.1 Å². The number of aliphatic hydroxyl groups excluding tert-OH is 2. The van der Waals surface area contributed by atoms with E-state index in [1.165, 1.54) is 12.0 Å². The Morgan fingerprint density at radius 3 is 2.26 bits per heavy atom. The van der Waals surface area contributed by atoms with Crippen LogP contribution in [0.3, 0.4) is 0 Å². The van der Waals surface area contributed by atoms with Gasteiger partial charge in [-0.3, -0.25) is 19.2 Å². The molecule has 3 aliphatic heterocycles. The minimum atomic E-state index is -2.43. The summed E-state index contributed by atoms with van der Waals surface area (Å²) in [4.78, 5) is 71.7. The van der Waals surface area contributed by atoms with Crippen LogP contribution in [-0.2, 0) is 47.7 Å². The van der Waals surface area contributed by atoms with E-state index < -0.39 is 83.9 Å². The second kappa shape index (κ2) is 25.1. The summed E-state index contributed by atoms with van der Waals surface area (Å²) in [7, 11) is 4.53. The predicted molar refractivity (Wildman–Crippen MR) is 245 cm³/mol. The zero-order valence-electron chi connectivity index (χ0n) is 40.6. The van der Waals surface area contributed by atoms with E-state index in [4.69, 9.17) is 23.7 Å². The molecule has 3 heterocycles. The first-order chi connectivity index (χ1) is 30.7. The number of methoxy groups -OCH3 is 3. The average molecular weight is 914 g/mol. The third-order valence-corrected chi connectivity index (χ3v) is 14.5. The quantitative estimate of drug-likeness (QED) is 0.202. The van der Waals surface area contributed by atoms with Crippen molar-refractivity contribution in [1.29, 1.82) is 0 Å². The molecule has 2 saturated heterocycles. The summed E-state index contributed by atoms with van der Waals surface area (Å²) in [5, 5.41) is 33.9. The van der Waals surface area contributed by atoms with Crippen LogP contribution in [0.5, 0.6) is 0 Å². The second-order valence-corrected chi connectivity index (χ2v) is 19.6. The molecule has 0 aromatic carbocycles. The van der Waals surface area contributed by atoms with E-state index in [-0.39, 0.29) is 54.8 Å². The van der Waals surface area contributed by atoms with Crippen molar-refractivity contribution in [1.82, 2.24) is 4.90 Å². The van der Waals surface area contributed by atoms with Crippen LogP contribution in [0.15, 0.2) is 47.6 Å². The van der Waals surface area contributed by atoms with Crippen molar-refractivity contribution in [3.63, 3.8) is 0 Å². The molecule has 14 nitrogen and oxygen atoms in total. The Morgan fingerprint density at radius 2 is 1.58 bits per heavy atom. The van der Waals surface area contributed by atoms with Gasteiger partial charge in [-0.25, -0.2) is 4.79 Å². The molecule has 1 aliphatic carbocycles. The van der Waals surface area contributed by atoms with Gasteiger partial charge in [0.05, 0.1) is 30.5 Å². The lowest BCUT2D eigenvalue weighted by molar-refractivity contribution is -0.265. The molecule has 2 bridgehead atoms. The highest BCUT2D eigenvalue weighted by Crippen LogP contribution is 2.38. The van der Waals surface area contributed by atoms with Gasteiger partial charge in [-0.2, -0.15) is 0 Å². The van der Waals surface area contributed by atoms with E-state index in [0.717, 1.165) is 12.0 Å². The molecule has 14 heteroatoms. The number of aliphatic hydroxyl groups is 3. The van der Waals surface area contributed by atoms with E-state index in [2.05, 4.69) is 0 Å². The third-order valence-electron chi connectivity index (χ3n) is 14.5. The summed E-state index contributed by atoms with van der Waals surface area (Å²) in [6.45, 7) is 12.7. The molecule has 3 fully saturated rings. The van der Waals surface area contributed by atoms with Crippen LogP contribution < -0.4 is 0 Å². The molecule has 0 radical (unpaired) electrons. The molecule has 0 spiro atoms. The maximum Gasteiger partial charge on any atom is 0.329 e. The summed E-state index contributed by atoms with van der Waals surface area (Å²) in [6, 6.07) is -1.14. The number of Topliss-reactive ketones (excluding diaryl/α,β-unsaturated/α-hetero) is 3. The zero-order chi connectivity index (χ0) is 48.2. The van der Waals surface area contributed by atoms with Gasteiger partial charge in [0, 0.05) is 58.5 Å². The van der Waals surface area contributed by atoms with Crippen molar-refractivity contribution >= 4 is 29.2 Å². The van der Waals surface area contributed by atoms with Crippen LogP contribution in [0.25, 0.3) is 0 Å². The molecule has 0 aromatic heterocycles. The number of esters is 1. The summed E-state index contributed by atoms with van der Waals surface area (Å²) < 4.78 is 29.4. The molecule has 1 amide bonds. The number of rotatable bonds is 6. The topological polar surface area (TPSA) is 195 Å². The summed E-state index contributed by atoms with van der Waals surface area (Å²) in [5.74, 6) is -7.93. The first-order valence-corrected chi connectivity index (χ1v) is 23.9. The largest absolute Gasteiger partial charge is 0.460 e. The van der Waals surface area contributed by atoms with Crippen molar-refractivity contribution in [3.8, 4) is 0 Å². The van der Waals surface area contributed by atoms with Gasteiger partial charge in [-0.15, -0.1) is 0 Å². The molecular weight excluding hydrogens is 835 g/mol. The van der Waals surface area contributed by atoms with Gasteiger partial charge in [0.1, 0.15) is 18.2 Å². The fraction of sp³-hybridized carbons (Fsp3) is 0.745. The minimum Gasteiger partial charge on any atom is -0.460 e. The Hall–Kier alpha value is -3.37. The number of fused-ring (bicyclic) bond motifs is 3. The molecule has 0 aromatic rings. The first kappa shape index (κ1) is 54.2. The van der Waals surface area contributed by atoms with Gasteiger partial charge in [0.25, 0.3) is 11.7 Å². The van der Waals surface area contributed by atoms with Gasteiger partial charge < -0.3 is 43.9 Å². The monoisotopic (exact) mass is 914 g/mol. The zero-order valence-corrected chi connectivity index (χ0v) is 40.6. The second-order valence-electron chi connectivity index (χ2n) is 19.6. The van der Waals surface area contributed by atoms with E-state index in [9.17, 15) is 39.3 Å². The van der Waals surface area contributed by atoms with Gasteiger partial charge in [-0.1, -0.05) is 71.1 Å². The van der Waals surface area contributed by atoms with Gasteiger partial charge in [0.15, 0.2) is 11.6 Å². The average Bonchev–Trinajstić information content (AvgIpc) is 3.28. The number of carbonyl (C=O) groups is 5. The number of carbonyl (C=O) groups excluding carboxylic acids is 5. The molecule has 8 unspecified atom stereocenters. The van der Waals surface area contributed by atoms with Gasteiger partial charge in [0.2, 0.25) is 5.79 Å². The Labute approximate surface area is 387 Å². The number of cyclic esters (lactones) is 1. The molecule has 366 valence electrons. The number of nitrogens with zero attached hydrogens (tertiary/aromatic N) is 1. The highest BCUT2D eigenvalue weighted by atomic mass is 16.6. The number of ketones is 3. The predicted octanol–water partition coefficient (Wildman–Crippen LogP) is 6.18. The maximum atomic E-state index is 14.4. The molecular formula is C51H79NO13. The van der Waals surface area contributed by atoms with Crippen molar-refractivity contribution in [2.45, 2.75) is 180 Å². The molecule has 15 atom stereocenters. The minimum absolute atomic E-state index is 0.0220. The van der Waals surface area contributed by atoms with Crippen molar-refractivity contribution in [2.24, 2.45) is 35.5 Å². The first-order valence-electron chi connectivity index (χ1n) is 23.9. The smallest absolute Gasteiger partial charge is 0.329 e. The molecule has 3 N–H and O–H groups in total. The lowest BCUT2D eigenvalue weighted by Gasteiger charge is -2.42. The van der Waals surface area contributed by atoms with Crippen molar-refractivity contribution in [2.75, 3.05) is 27.9 Å². The Morgan fingerprint density at radius 1 is 0.862 bits per heavy atom. The number of hydrogen-bond donors (Lipinski definition) is 3. The molecule has 4 rings (SSSR count). The van der Waals surface area contributed by atoms with Crippen LogP contribution in [0.4, 0.5) is 0 Å². The van der Waals surface area contributed by atoms with E-state index in [0.29, 0.717) is 63.4 Å². The van der Waals surface area contributed by atoms with E-state index in [1.807, 2.05) is 58.1 Å². The Balaban J connectivity index is 1.70. The van der Waals surface area contributed by atoms with Crippen LogP contribution in [-0.4, -0.2) is 132 Å². The molecule has 4 aliphatic rings. The fourth-order valence-electron chi connectivity index (χ4n) is 10.1. The number of allylic oxidation sites excluding steroid dienone is 6. The summed E-state index contributed by atoms with van der Waals surface area (Å²) in [6.07, 6.45) is 11.2. The normalized spacial score (nSPS) is 37.8. The summed E-state index contributed by atoms with van der Waals surface area (Å²) in [5.41, 5.74) is 1.19. The number of piperidine rings is 1. The standard InChI is InChI=1S/C51H79NO13/c1-30-16-12-11-13-17-31(2)42(61-8)28-38-21-19-36(7)51(60,65-38)48(57)49(58)52-23-15-14-18-39(52)50(59)64-43(33(4)26-37-20-22-40(53)44(27-37)62-9)29-41(54)32(3)25-35(6)46(56)47(63-10)45(55)34(5)24-30/h11-13,16-17,25,30,33-40,42-44,46-47,53,56,60H,14-15,18-24,26-29H2,1-10H3/t30-,33-,34?,35?,36?,37?,38+,39?,40-,42+,43+,44?,46?,47+,51?/m1/s1. The lowest BCUT2D eigenvalue weighted by atomic mass is 9.78. The number of amides is 1. The Bertz CT molecular complexity index is 1760. The van der Waals surface area contributed by atoms with Crippen molar-refractivity contribution in [3.05, 3.63) is 47.6 Å². The highest BCUT2D eigenvalue weighted by Gasteiger charge is 2.53. The van der Waals surface area contributed by atoms with Gasteiger partial charge >= 0.3 is 5.97 Å². The highest BCUT2D eigenvalue weighted by molar-refractivity contribution is 6.39. The SMILES string of the molecule is COC1CC(C[C@@H](C)[C@@H]2CC(=O)C(C)=CC(C)C(O)[C@@H](OC)C(=O)C(C)C[C@H](C)C=CC=CC=C(C)[C@@H](OC)C[C@@H]3CCC(C)C(O)(O3)C(=O)C(=O)N3CCCCC3C(=O)O2)CC[C@H]1O. The van der Waals surface area contributed by atoms with Crippen LogP contribution in [0, 0.1) is 35.5 Å². The third kappa shape index (κ3) is 14.3. The summed E-state index contributed by atoms with van der Waals surface area (Å²) >= 11 is 0. The number of ether oxygens (including phenoxy) is 5. The molecule has 1 saturated carbocycles. The lowest BCUT2D eigenvalue weighted by Crippen LogP contribution is -2.61. The maximum absolute atomic E-state index is 14.4. The van der Waals surface area contributed by atoms with Crippen LogP contribution in [0.2, 0.25) is 0 Å². The van der Waals surface area contributed by atoms with Crippen LogP contribution >= 0.6 is 0 Å². The van der Waals surface area contributed by atoms with Gasteiger partial charge in [-0.05, 0) is 107 Å². The Kier molecular flexibility index (Phi) is 21.0. The van der Waals surface area contributed by atoms with Crippen molar-refractivity contribution < 1.29 is 63.0 Å². The van der Waals surface area contributed by atoms with E-state index >= 15 is 0 Å². The molecule has 65 heavy (non-hydrogen) atoms. The fourth-order valence-corrected chi connectivity index (χ4v) is 10.1.